The Bertz CT molecular complexity index is 524. The second kappa shape index (κ2) is 6.57. The number of ether oxygens (including phenoxy) is 1. The second-order valence-electron chi connectivity index (χ2n) is 5.70. The molecule has 0 aliphatic carbocycles. The van der Waals surface area contributed by atoms with Crippen LogP contribution in [0.15, 0.2) is 30.3 Å². The molecule has 2 aliphatic heterocycles. The zero-order chi connectivity index (χ0) is 16.4. The zero-order valence-corrected chi connectivity index (χ0v) is 14.1. The van der Waals surface area contributed by atoms with Crippen LogP contribution in [0.1, 0.15) is 38.9 Å². The maximum absolute atomic E-state index is 12.2. The number of fused-ring (bicyclic) bond motifs is 1. The highest BCUT2D eigenvalue weighted by Gasteiger charge is 2.71. The number of aliphatic hydroxyl groups excluding tert-OH is 1. The topological polar surface area (TPSA) is 58.6 Å². The number of carbonyl (C=O) groups excluding carboxylic acids is 1. The number of hydrogen-bond donors (Lipinski definition) is 2. The second-order valence-corrected chi connectivity index (χ2v) is 6.08. The zero-order valence-electron chi connectivity index (χ0n) is 13.3. The minimum Gasteiger partial charge on any atom is -0.386 e. The number of hydrogen-bond acceptors (Lipinski definition) is 3. The molecule has 0 radical (unpaired) electrons. The number of alkyl halides is 1. The maximum Gasteiger partial charge on any atom is 0.226 e. The fourth-order valence-electron chi connectivity index (χ4n) is 3.44. The predicted molar refractivity (Wildman–Crippen MR) is 86.8 cm³/mol. The average molecular weight is 326 g/mol. The van der Waals surface area contributed by atoms with Crippen LogP contribution in [0.4, 0.5) is 0 Å². The first kappa shape index (κ1) is 17.3. The van der Waals surface area contributed by atoms with Gasteiger partial charge in [0.2, 0.25) is 5.91 Å². The number of halogens is 1. The van der Waals surface area contributed by atoms with Gasteiger partial charge >= 0.3 is 0 Å². The van der Waals surface area contributed by atoms with Gasteiger partial charge in [0.05, 0.1) is 12.5 Å². The highest BCUT2D eigenvalue weighted by atomic mass is 35.5. The fourth-order valence-corrected chi connectivity index (χ4v) is 3.66. The van der Waals surface area contributed by atoms with E-state index in [0.717, 1.165) is 5.56 Å². The van der Waals surface area contributed by atoms with Gasteiger partial charge in [-0.1, -0.05) is 44.2 Å². The number of benzene rings is 1. The van der Waals surface area contributed by atoms with Crippen LogP contribution in [-0.4, -0.2) is 34.6 Å². The Balaban J connectivity index is 0.000000847. The summed E-state index contributed by atoms with van der Waals surface area (Å²) in [5.41, 5.74) is -0.662. The van der Waals surface area contributed by atoms with Crippen LogP contribution >= 0.6 is 11.6 Å². The first-order valence-corrected chi connectivity index (χ1v) is 8.33. The van der Waals surface area contributed by atoms with E-state index >= 15 is 0 Å². The van der Waals surface area contributed by atoms with Crippen LogP contribution in [-0.2, 0) is 9.53 Å². The number of amides is 1. The van der Waals surface area contributed by atoms with Gasteiger partial charge < -0.3 is 15.2 Å². The summed E-state index contributed by atoms with van der Waals surface area (Å²) >= 11 is 5.79. The number of carbonyl (C=O) groups is 1. The molecule has 0 bridgehead atoms. The molecule has 1 aromatic rings. The molecule has 2 heterocycles. The monoisotopic (exact) mass is 325 g/mol. The van der Waals surface area contributed by atoms with E-state index < -0.39 is 17.2 Å². The van der Waals surface area contributed by atoms with Crippen molar-refractivity contribution < 1.29 is 14.6 Å². The van der Waals surface area contributed by atoms with E-state index in [-0.39, 0.29) is 11.8 Å². The van der Waals surface area contributed by atoms with E-state index in [1.54, 1.807) is 0 Å². The third-order valence-corrected chi connectivity index (χ3v) is 5.01. The summed E-state index contributed by atoms with van der Waals surface area (Å²) in [6.45, 7) is 6.21. The van der Waals surface area contributed by atoms with Crippen LogP contribution in [0.5, 0.6) is 0 Å². The third-order valence-electron chi connectivity index (χ3n) is 4.79. The normalized spacial score (nSPS) is 33.9. The van der Waals surface area contributed by atoms with Crippen molar-refractivity contribution in [3.05, 3.63) is 35.9 Å². The number of aliphatic hydroxyl groups is 1. The molecule has 0 saturated carbocycles. The van der Waals surface area contributed by atoms with E-state index in [1.165, 1.54) is 0 Å². The average Bonchev–Trinajstić information content (AvgIpc) is 2.70. The highest BCUT2D eigenvalue weighted by molar-refractivity contribution is 6.18. The lowest BCUT2D eigenvalue weighted by atomic mass is 9.67. The smallest absolute Gasteiger partial charge is 0.226 e. The lowest BCUT2D eigenvalue weighted by molar-refractivity contribution is -0.250. The van der Waals surface area contributed by atoms with Crippen molar-refractivity contribution in [1.82, 2.24) is 5.32 Å². The summed E-state index contributed by atoms with van der Waals surface area (Å²) in [6, 6.07) is 9.37. The van der Waals surface area contributed by atoms with Gasteiger partial charge in [-0.05, 0) is 18.9 Å². The molecular weight excluding hydrogens is 302 g/mol. The van der Waals surface area contributed by atoms with Crippen LogP contribution in [0.2, 0.25) is 0 Å². The molecule has 4 atom stereocenters. The molecule has 2 aliphatic rings. The lowest BCUT2D eigenvalue weighted by Crippen LogP contribution is -2.73. The molecule has 0 aromatic heterocycles. The molecule has 1 aromatic carbocycles. The third kappa shape index (κ3) is 2.34. The minimum absolute atomic E-state index is 0.0827. The SMILES string of the molecule is CC.C[C@@]12OC[C@]1(C(O)c1ccccc1)NC(=O)[C@@H]2CCCl. The van der Waals surface area contributed by atoms with E-state index in [4.69, 9.17) is 16.3 Å². The molecule has 0 spiro atoms. The Kier molecular flexibility index (Phi) is 5.15. The van der Waals surface area contributed by atoms with Crippen molar-refractivity contribution in [1.29, 1.82) is 0 Å². The molecule has 122 valence electrons. The summed E-state index contributed by atoms with van der Waals surface area (Å²) in [6.07, 6.45) is -0.237. The first-order chi connectivity index (χ1) is 10.5. The van der Waals surface area contributed by atoms with Crippen molar-refractivity contribution >= 4 is 17.5 Å². The summed E-state index contributed by atoms with van der Waals surface area (Å²) in [5.74, 6) is 0.00176. The minimum atomic E-state index is -0.785. The molecule has 3 rings (SSSR count). The standard InChI is InChI=1S/C15H18ClNO3.C2H6/c1-14-11(7-8-16)13(19)17-15(14,9-20-14)12(18)10-5-3-2-4-6-10;1-2/h2-6,11-12,18H,7-9H2,1H3,(H,17,19);1-2H3/t11-,12?,14-,15+;/m0./s1. The molecule has 1 amide bonds. The number of rotatable bonds is 4. The van der Waals surface area contributed by atoms with Crippen molar-refractivity contribution in [2.24, 2.45) is 5.92 Å². The molecule has 22 heavy (non-hydrogen) atoms. The Hall–Kier alpha value is -1.10. The Labute approximate surface area is 136 Å². The predicted octanol–water partition coefficient (Wildman–Crippen LogP) is 2.65. The Morgan fingerprint density at radius 1 is 1.41 bits per heavy atom. The van der Waals surface area contributed by atoms with Gasteiger partial charge in [0.1, 0.15) is 17.2 Å². The van der Waals surface area contributed by atoms with Crippen molar-refractivity contribution in [2.75, 3.05) is 12.5 Å². The first-order valence-electron chi connectivity index (χ1n) is 7.80. The summed E-state index contributed by atoms with van der Waals surface area (Å²) < 4.78 is 5.72. The van der Waals surface area contributed by atoms with Gasteiger partial charge in [0, 0.05) is 5.88 Å². The van der Waals surface area contributed by atoms with Crippen LogP contribution in [0.25, 0.3) is 0 Å². The summed E-state index contributed by atoms with van der Waals surface area (Å²) in [5, 5.41) is 13.7. The van der Waals surface area contributed by atoms with Gasteiger partial charge in [-0.25, -0.2) is 0 Å². The van der Waals surface area contributed by atoms with Gasteiger partial charge in [0.25, 0.3) is 0 Å². The quantitative estimate of drug-likeness (QED) is 0.837. The van der Waals surface area contributed by atoms with E-state index in [1.807, 2.05) is 51.1 Å². The van der Waals surface area contributed by atoms with Gasteiger partial charge in [0.15, 0.2) is 0 Å². The Morgan fingerprint density at radius 2 is 2.05 bits per heavy atom. The number of nitrogens with one attached hydrogen (secondary N) is 1. The van der Waals surface area contributed by atoms with Crippen LogP contribution in [0.3, 0.4) is 0 Å². The van der Waals surface area contributed by atoms with Crippen molar-refractivity contribution in [3.63, 3.8) is 0 Å². The molecule has 2 fully saturated rings. The van der Waals surface area contributed by atoms with Crippen molar-refractivity contribution in [2.45, 2.75) is 44.4 Å². The fraction of sp³-hybridized carbons (Fsp3) is 0.588. The largest absolute Gasteiger partial charge is 0.386 e. The summed E-state index contributed by atoms with van der Waals surface area (Å²) in [7, 11) is 0. The Morgan fingerprint density at radius 3 is 2.55 bits per heavy atom. The van der Waals surface area contributed by atoms with Crippen LogP contribution in [0, 0.1) is 5.92 Å². The molecule has 5 heteroatoms. The summed E-state index contributed by atoms with van der Waals surface area (Å²) in [4.78, 5) is 12.2. The molecular formula is C17H24ClNO3. The highest BCUT2D eigenvalue weighted by Crippen LogP contribution is 2.54. The molecule has 1 unspecified atom stereocenters. The van der Waals surface area contributed by atoms with E-state index in [9.17, 15) is 9.90 Å². The molecule has 4 nitrogen and oxygen atoms in total. The van der Waals surface area contributed by atoms with Gasteiger partial charge in [-0.15, -0.1) is 11.6 Å². The maximum atomic E-state index is 12.2. The van der Waals surface area contributed by atoms with Crippen LogP contribution < -0.4 is 5.32 Å². The van der Waals surface area contributed by atoms with Gasteiger partial charge in [-0.3, -0.25) is 4.79 Å². The molecule has 2 N–H and O–H groups in total. The lowest BCUT2D eigenvalue weighted by Gasteiger charge is -2.56. The van der Waals surface area contributed by atoms with Gasteiger partial charge in [-0.2, -0.15) is 0 Å². The van der Waals surface area contributed by atoms with Crippen molar-refractivity contribution in [3.8, 4) is 0 Å². The van der Waals surface area contributed by atoms with E-state index in [0.29, 0.717) is 18.9 Å². The molecule has 2 saturated heterocycles. The van der Waals surface area contributed by atoms with E-state index in [2.05, 4.69) is 5.32 Å².